The first-order valence-electron chi connectivity index (χ1n) is 7.18. The number of rotatable bonds is 6. The van der Waals surface area contributed by atoms with Crippen LogP contribution in [-0.4, -0.2) is 40.9 Å². The Morgan fingerprint density at radius 2 is 2.40 bits per heavy atom. The number of nitrogens with zero attached hydrogens (tertiary/aromatic N) is 2. The Balaban J connectivity index is 1.54. The molecule has 2 aliphatic rings. The van der Waals surface area contributed by atoms with Gasteiger partial charge >= 0.3 is 0 Å². The van der Waals surface area contributed by atoms with E-state index in [0.717, 1.165) is 38.6 Å². The van der Waals surface area contributed by atoms with Gasteiger partial charge in [-0.05, 0) is 44.1 Å². The molecule has 1 unspecified atom stereocenters. The van der Waals surface area contributed by atoms with Gasteiger partial charge in [0.15, 0.2) is 0 Å². The molecule has 1 saturated carbocycles. The van der Waals surface area contributed by atoms with Crippen LogP contribution < -0.4 is 10.6 Å². The SMILES string of the molecule is O=C(NCC1(CCO)CC1)c1noc(C2CCCN2)n1. The lowest BCUT2D eigenvalue weighted by molar-refractivity contribution is 0.0927. The normalized spacial score (nSPS) is 23.8. The Bertz CT molecular complexity index is 478. The number of aliphatic hydroxyl groups is 1. The maximum atomic E-state index is 12.0. The minimum absolute atomic E-state index is 0.0770. The van der Waals surface area contributed by atoms with E-state index in [0.29, 0.717) is 12.4 Å². The molecule has 2 fully saturated rings. The van der Waals surface area contributed by atoms with Crippen LogP contribution in [-0.2, 0) is 0 Å². The van der Waals surface area contributed by atoms with E-state index < -0.39 is 0 Å². The minimum atomic E-state index is -0.304. The van der Waals surface area contributed by atoms with Gasteiger partial charge in [-0.25, -0.2) is 0 Å². The largest absolute Gasteiger partial charge is 0.396 e. The van der Waals surface area contributed by atoms with Crippen LogP contribution in [0.2, 0.25) is 0 Å². The molecule has 1 aliphatic heterocycles. The Kier molecular flexibility index (Phi) is 3.71. The maximum Gasteiger partial charge on any atom is 0.292 e. The second-order valence-corrected chi connectivity index (χ2v) is 5.76. The standard InChI is InChI=1S/C13H20N4O3/c18-7-5-13(3-4-13)8-15-11(19)10-16-12(20-17-10)9-2-1-6-14-9/h9,14,18H,1-8H2,(H,15,19). The summed E-state index contributed by atoms with van der Waals surface area (Å²) >= 11 is 0. The lowest BCUT2D eigenvalue weighted by Crippen LogP contribution is -2.31. The summed E-state index contributed by atoms with van der Waals surface area (Å²) in [5, 5.41) is 18.8. The van der Waals surface area contributed by atoms with Crippen LogP contribution in [0.25, 0.3) is 0 Å². The molecule has 3 N–H and O–H groups in total. The fourth-order valence-electron chi connectivity index (χ4n) is 2.64. The van der Waals surface area contributed by atoms with Gasteiger partial charge in [-0.15, -0.1) is 0 Å². The van der Waals surface area contributed by atoms with Crippen molar-refractivity contribution in [2.75, 3.05) is 19.7 Å². The second kappa shape index (κ2) is 5.49. The lowest BCUT2D eigenvalue weighted by atomic mass is 10.0. The van der Waals surface area contributed by atoms with Gasteiger partial charge in [0, 0.05) is 13.2 Å². The molecule has 0 spiro atoms. The molecule has 0 radical (unpaired) electrons. The number of aromatic nitrogens is 2. The third-order valence-corrected chi connectivity index (χ3v) is 4.23. The number of carbonyl (C=O) groups excluding carboxylic acids is 1. The molecule has 7 heteroatoms. The highest BCUT2D eigenvalue weighted by Gasteiger charge is 2.42. The fourth-order valence-corrected chi connectivity index (χ4v) is 2.64. The first-order valence-corrected chi connectivity index (χ1v) is 7.18. The molecule has 3 rings (SSSR count). The number of amides is 1. The third-order valence-electron chi connectivity index (χ3n) is 4.23. The van der Waals surface area contributed by atoms with E-state index in [4.69, 9.17) is 9.63 Å². The van der Waals surface area contributed by atoms with Gasteiger partial charge in [0.25, 0.3) is 11.7 Å². The van der Waals surface area contributed by atoms with Crippen molar-refractivity contribution in [1.29, 1.82) is 0 Å². The van der Waals surface area contributed by atoms with E-state index in [9.17, 15) is 4.79 Å². The Hall–Kier alpha value is -1.47. The molecule has 1 atom stereocenters. The molecule has 0 bridgehead atoms. The topological polar surface area (TPSA) is 100 Å². The third kappa shape index (κ3) is 2.83. The molecular weight excluding hydrogens is 260 g/mol. The van der Waals surface area contributed by atoms with Crippen LogP contribution in [0.15, 0.2) is 4.52 Å². The van der Waals surface area contributed by atoms with Gasteiger partial charge in [0.2, 0.25) is 5.89 Å². The highest BCUT2D eigenvalue weighted by Crippen LogP contribution is 2.47. The Morgan fingerprint density at radius 1 is 1.55 bits per heavy atom. The van der Waals surface area contributed by atoms with E-state index in [1.807, 2.05) is 0 Å². The number of nitrogens with one attached hydrogen (secondary N) is 2. The first kappa shape index (κ1) is 13.5. The van der Waals surface area contributed by atoms with Crippen molar-refractivity contribution in [3.8, 4) is 0 Å². The summed E-state index contributed by atoms with van der Waals surface area (Å²) in [5.74, 6) is 0.278. The van der Waals surface area contributed by atoms with Gasteiger partial charge in [-0.1, -0.05) is 5.16 Å². The van der Waals surface area contributed by atoms with Gasteiger partial charge in [-0.2, -0.15) is 4.98 Å². The van der Waals surface area contributed by atoms with Crippen LogP contribution in [0.1, 0.15) is 54.7 Å². The summed E-state index contributed by atoms with van der Waals surface area (Å²) in [6.45, 7) is 1.67. The molecule has 1 aromatic heterocycles. The highest BCUT2D eigenvalue weighted by atomic mass is 16.5. The van der Waals surface area contributed by atoms with E-state index >= 15 is 0 Å². The summed E-state index contributed by atoms with van der Waals surface area (Å²) < 4.78 is 5.14. The molecule has 0 aromatic carbocycles. The van der Waals surface area contributed by atoms with Crippen molar-refractivity contribution < 1.29 is 14.4 Å². The zero-order chi connectivity index (χ0) is 14.0. The summed E-state index contributed by atoms with van der Waals surface area (Å²) in [6.07, 6.45) is 4.88. The minimum Gasteiger partial charge on any atom is -0.396 e. The quantitative estimate of drug-likeness (QED) is 0.697. The fraction of sp³-hybridized carbons (Fsp3) is 0.769. The summed E-state index contributed by atoms with van der Waals surface area (Å²) in [7, 11) is 0. The van der Waals surface area contributed by atoms with Gasteiger partial charge in [0.05, 0.1) is 6.04 Å². The molecule has 20 heavy (non-hydrogen) atoms. The van der Waals surface area contributed by atoms with Gasteiger partial charge in [0.1, 0.15) is 0 Å². The molecule has 1 saturated heterocycles. The van der Waals surface area contributed by atoms with E-state index in [1.54, 1.807) is 0 Å². The zero-order valence-corrected chi connectivity index (χ0v) is 11.4. The molecule has 7 nitrogen and oxygen atoms in total. The first-order chi connectivity index (χ1) is 9.72. The maximum absolute atomic E-state index is 12.0. The Morgan fingerprint density at radius 3 is 3.05 bits per heavy atom. The number of carbonyl (C=O) groups is 1. The monoisotopic (exact) mass is 280 g/mol. The molecule has 2 heterocycles. The van der Waals surface area contributed by atoms with Crippen LogP contribution in [0.4, 0.5) is 0 Å². The van der Waals surface area contributed by atoms with Crippen LogP contribution in [0, 0.1) is 5.41 Å². The summed E-state index contributed by atoms with van der Waals surface area (Å²) in [6, 6.07) is 0.0770. The van der Waals surface area contributed by atoms with E-state index in [1.165, 1.54) is 0 Å². The van der Waals surface area contributed by atoms with Crippen molar-refractivity contribution in [2.45, 2.75) is 38.1 Å². The lowest BCUT2D eigenvalue weighted by Gasteiger charge is -2.13. The zero-order valence-electron chi connectivity index (χ0n) is 11.4. The number of aliphatic hydroxyl groups excluding tert-OH is 1. The average Bonchev–Trinajstić information content (AvgIpc) is 2.89. The number of hydrogen-bond acceptors (Lipinski definition) is 6. The predicted molar refractivity (Wildman–Crippen MR) is 70.0 cm³/mol. The molecule has 1 aliphatic carbocycles. The van der Waals surface area contributed by atoms with Gasteiger partial charge < -0.3 is 20.3 Å². The van der Waals surface area contributed by atoms with Crippen molar-refractivity contribution in [2.24, 2.45) is 5.41 Å². The number of hydrogen-bond donors (Lipinski definition) is 3. The van der Waals surface area contributed by atoms with Crippen LogP contribution >= 0.6 is 0 Å². The second-order valence-electron chi connectivity index (χ2n) is 5.76. The van der Waals surface area contributed by atoms with Gasteiger partial charge in [-0.3, -0.25) is 4.79 Å². The van der Waals surface area contributed by atoms with Crippen molar-refractivity contribution in [3.05, 3.63) is 11.7 Å². The molecule has 1 aromatic rings. The van der Waals surface area contributed by atoms with Crippen molar-refractivity contribution in [1.82, 2.24) is 20.8 Å². The van der Waals surface area contributed by atoms with E-state index in [-0.39, 0.29) is 29.8 Å². The molecule has 1 amide bonds. The summed E-state index contributed by atoms with van der Waals surface area (Å²) in [4.78, 5) is 16.1. The highest BCUT2D eigenvalue weighted by molar-refractivity contribution is 5.90. The Labute approximate surface area is 117 Å². The average molecular weight is 280 g/mol. The van der Waals surface area contributed by atoms with Crippen molar-refractivity contribution in [3.63, 3.8) is 0 Å². The molecular formula is C13H20N4O3. The molecule has 110 valence electrons. The smallest absolute Gasteiger partial charge is 0.292 e. The van der Waals surface area contributed by atoms with E-state index in [2.05, 4.69) is 20.8 Å². The van der Waals surface area contributed by atoms with Crippen LogP contribution in [0.3, 0.4) is 0 Å². The van der Waals surface area contributed by atoms with Crippen LogP contribution in [0.5, 0.6) is 0 Å². The predicted octanol–water partition coefficient (Wildman–Crippen LogP) is 0.386. The summed E-state index contributed by atoms with van der Waals surface area (Å²) in [5.41, 5.74) is 0.0873. The van der Waals surface area contributed by atoms with Crippen molar-refractivity contribution >= 4 is 5.91 Å².